The minimum Gasteiger partial charge on any atom is -0.284 e. The van der Waals surface area contributed by atoms with Gasteiger partial charge in [0.1, 0.15) is 0 Å². The zero-order valence-corrected chi connectivity index (χ0v) is 8.84. The van der Waals surface area contributed by atoms with Crippen LogP contribution in [0.3, 0.4) is 0 Å². The summed E-state index contributed by atoms with van der Waals surface area (Å²) in [5.41, 5.74) is 0.942. The third-order valence-corrected chi connectivity index (χ3v) is 2.38. The molecule has 1 nitrogen and oxygen atoms in total. The fourth-order valence-electron chi connectivity index (χ4n) is 1.05. The maximum Gasteiger partial charge on any atom is 0.212 e. The minimum absolute atomic E-state index is 0.182. The van der Waals surface area contributed by atoms with Crippen molar-refractivity contribution in [1.29, 1.82) is 0 Å². The van der Waals surface area contributed by atoms with E-state index in [2.05, 4.69) is 21.9 Å². The average Bonchev–Trinajstić information content (AvgIpc) is 2.15. The Balaban J connectivity index is 2.96. The van der Waals surface area contributed by atoms with Crippen LogP contribution in [0.1, 0.15) is 18.4 Å². The van der Waals surface area contributed by atoms with Crippen molar-refractivity contribution in [2.45, 2.75) is 12.8 Å². The van der Waals surface area contributed by atoms with Crippen molar-refractivity contribution >= 4 is 21.7 Å². The maximum atomic E-state index is 11.2. The molecule has 0 aliphatic heterocycles. The van der Waals surface area contributed by atoms with E-state index in [1.807, 2.05) is 31.2 Å². The molecule has 0 spiro atoms. The Morgan fingerprint density at radius 2 is 2.31 bits per heavy atom. The van der Waals surface area contributed by atoms with Gasteiger partial charge in [-0.1, -0.05) is 35.0 Å². The Bertz CT molecular complexity index is 363. The lowest BCUT2D eigenvalue weighted by Crippen LogP contribution is -2.05. The summed E-state index contributed by atoms with van der Waals surface area (Å²) in [7, 11) is 0. The number of rotatable bonds is 2. The molecule has 1 unspecified atom stereocenters. The highest BCUT2D eigenvalue weighted by atomic mass is 79.9. The van der Waals surface area contributed by atoms with Gasteiger partial charge in [0.25, 0.3) is 0 Å². The molecule has 1 aromatic rings. The van der Waals surface area contributed by atoms with Gasteiger partial charge in [-0.25, -0.2) is 0 Å². The Hall–Kier alpha value is -1.07. The summed E-state index contributed by atoms with van der Waals surface area (Å²) < 4.78 is 0.960. The molecule has 0 heterocycles. The maximum absolute atomic E-state index is 11.2. The molecule has 1 aromatic carbocycles. The largest absolute Gasteiger partial charge is 0.284 e. The molecule has 1 rings (SSSR count). The predicted octanol–water partition coefficient (Wildman–Crippen LogP) is 2.75. The van der Waals surface area contributed by atoms with Crippen molar-refractivity contribution in [3.05, 3.63) is 34.3 Å². The van der Waals surface area contributed by atoms with Crippen LogP contribution in [0.2, 0.25) is 0 Å². The van der Waals surface area contributed by atoms with Crippen LogP contribution < -0.4 is 0 Å². The molecule has 0 aliphatic rings. The number of carbonyl (C=O) groups is 1. The van der Waals surface area contributed by atoms with Gasteiger partial charge in [-0.3, -0.25) is 4.79 Å². The van der Waals surface area contributed by atoms with Crippen molar-refractivity contribution in [2.24, 2.45) is 0 Å². The third kappa shape index (κ3) is 2.43. The van der Waals surface area contributed by atoms with Crippen LogP contribution in [0, 0.1) is 12.3 Å². The van der Waals surface area contributed by atoms with Gasteiger partial charge in [-0.05, 0) is 23.6 Å². The zero-order chi connectivity index (χ0) is 9.84. The van der Waals surface area contributed by atoms with E-state index in [-0.39, 0.29) is 11.7 Å². The first-order valence-corrected chi connectivity index (χ1v) is 4.70. The van der Waals surface area contributed by atoms with Gasteiger partial charge in [0.2, 0.25) is 5.78 Å². The van der Waals surface area contributed by atoms with Crippen molar-refractivity contribution in [3.8, 4) is 12.3 Å². The van der Waals surface area contributed by atoms with E-state index in [1.165, 1.54) is 0 Å². The molecule has 0 saturated heterocycles. The number of benzene rings is 1. The van der Waals surface area contributed by atoms with Crippen molar-refractivity contribution in [2.75, 3.05) is 0 Å². The number of Topliss-reactive ketones (excluding diaryl/α,β-unsaturated/α-hetero) is 1. The molecule has 0 bridgehead atoms. The summed E-state index contributed by atoms with van der Waals surface area (Å²) >= 11 is 3.34. The molecule has 0 saturated carbocycles. The Kier molecular flexibility index (Phi) is 3.27. The van der Waals surface area contributed by atoms with Gasteiger partial charge in [0.15, 0.2) is 0 Å². The molecular weight excluding hydrogens is 228 g/mol. The van der Waals surface area contributed by atoms with Gasteiger partial charge in [0.05, 0.1) is 5.92 Å². The highest BCUT2D eigenvalue weighted by Crippen LogP contribution is 2.19. The normalized spacial score (nSPS) is 11.8. The first-order valence-electron chi connectivity index (χ1n) is 3.91. The second-order valence-electron chi connectivity index (χ2n) is 2.79. The van der Waals surface area contributed by atoms with E-state index >= 15 is 0 Å². The van der Waals surface area contributed by atoms with E-state index in [9.17, 15) is 4.79 Å². The number of hydrogen-bond acceptors (Lipinski definition) is 1. The van der Waals surface area contributed by atoms with Crippen LogP contribution >= 0.6 is 15.9 Å². The smallest absolute Gasteiger partial charge is 0.212 e. The molecule has 66 valence electrons. The van der Waals surface area contributed by atoms with Gasteiger partial charge < -0.3 is 0 Å². The van der Waals surface area contributed by atoms with E-state index < -0.39 is 0 Å². The minimum atomic E-state index is -0.220. The predicted molar refractivity (Wildman–Crippen MR) is 56.4 cm³/mol. The lowest BCUT2D eigenvalue weighted by molar-refractivity contribution is -0.114. The van der Waals surface area contributed by atoms with E-state index in [0.717, 1.165) is 10.0 Å². The molecular formula is C11H9BrO. The topological polar surface area (TPSA) is 17.1 Å². The number of terminal acetylenes is 1. The van der Waals surface area contributed by atoms with E-state index in [1.54, 1.807) is 0 Å². The van der Waals surface area contributed by atoms with Crippen LogP contribution in [0.15, 0.2) is 28.7 Å². The van der Waals surface area contributed by atoms with Crippen LogP contribution in [-0.2, 0) is 4.79 Å². The summed E-state index contributed by atoms with van der Waals surface area (Å²) in [6.45, 7) is 1.81. The van der Waals surface area contributed by atoms with Crippen LogP contribution in [0.5, 0.6) is 0 Å². The summed E-state index contributed by atoms with van der Waals surface area (Å²) in [4.78, 5) is 11.2. The van der Waals surface area contributed by atoms with Gasteiger partial charge >= 0.3 is 0 Å². The number of carbonyl (C=O) groups excluding carboxylic acids is 1. The molecule has 2 heteroatoms. The summed E-state index contributed by atoms with van der Waals surface area (Å²) in [5, 5.41) is 0. The Morgan fingerprint density at radius 1 is 1.62 bits per heavy atom. The Labute approximate surface area is 86.3 Å². The Morgan fingerprint density at radius 3 is 2.85 bits per heavy atom. The van der Waals surface area contributed by atoms with Gasteiger partial charge in [-0.15, -0.1) is 6.42 Å². The van der Waals surface area contributed by atoms with E-state index in [4.69, 9.17) is 6.42 Å². The van der Waals surface area contributed by atoms with Gasteiger partial charge in [0, 0.05) is 4.47 Å². The average molecular weight is 237 g/mol. The van der Waals surface area contributed by atoms with Crippen molar-refractivity contribution in [3.63, 3.8) is 0 Å². The number of ketones is 1. The molecule has 0 radical (unpaired) electrons. The molecule has 0 aromatic heterocycles. The molecule has 0 fully saturated rings. The first kappa shape index (κ1) is 10.0. The number of hydrogen-bond donors (Lipinski definition) is 0. The first-order chi connectivity index (χ1) is 6.15. The van der Waals surface area contributed by atoms with Crippen LogP contribution in [0.25, 0.3) is 0 Å². The van der Waals surface area contributed by atoms with Crippen molar-refractivity contribution < 1.29 is 4.79 Å². The van der Waals surface area contributed by atoms with Crippen LogP contribution in [-0.4, -0.2) is 5.78 Å². The molecule has 0 N–H and O–H groups in total. The fourth-order valence-corrected chi connectivity index (χ4v) is 1.47. The van der Waals surface area contributed by atoms with E-state index in [0.29, 0.717) is 0 Å². The standard InChI is InChI=1S/C11H9BrO/c1-3-11(13)8(2)9-5-4-6-10(12)7-9/h1,4-8H,2H3. The lowest BCUT2D eigenvalue weighted by Gasteiger charge is -2.06. The third-order valence-electron chi connectivity index (χ3n) is 1.88. The lowest BCUT2D eigenvalue weighted by atomic mass is 9.97. The summed E-state index contributed by atoms with van der Waals surface area (Å²) in [6, 6.07) is 7.60. The quantitative estimate of drug-likeness (QED) is 0.571. The fraction of sp³-hybridized carbons (Fsp3) is 0.182. The highest BCUT2D eigenvalue weighted by Gasteiger charge is 2.12. The second kappa shape index (κ2) is 4.25. The molecule has 0 aliphatic carbocycles. The molecule has 13 heavy (non-hydrogen) atoms. The monoisotopic (exact) mass is 236 g/mol. The van der Waals surface area contributed by atoms with Crippen molar-refractivity contribution in [1.82, 2.24) is 0 Å². The zero-order valence-electron chi connectivity index (χ0n) is 7.25. The molecule has 1 atom stereocenters. The van der Waals surface area contributed by atoms with Gasteiger partial charge in [-0.2, -0.15) is 0 Å². The van der Waals surface area contributed by atoms with Crippen LogP contribution in [0.4, 0.5) is 0 Å². The number of halogens is 1. The summed E-state index contributed by atoms with van der Waals surface area (Å²) in [6.07, 6.45) is 5.04. The molecule has 0 amide bonds. The second-order valence-corrected chi connectivity index (χ2v) is 3.70. The highest BCUT2D eigenvalue weighted by molar-refractivity contribution is 9.10. The summed E-state index contributed by atoms with van der Waals surface area (Å²) in [5.74, 6) is 1.73. The SMILES string of the molecule is C#CC(=O)C(C)c1cccc(Br)c1.